The number of benzene rings is 1. The highest BCUT2D eigenvalue weighted by Gasteiger charge is 2.42. The summed E-state index contributed by atoms with van der Waals surface area (Å²) in [6.45, 7) is 4.12. The van der Waals surface area contributed by atoms with E-state index in [1.807, 2.05) is 43.3 Å². The summed E-state index contributed by atoms with van der Waals surface area (Å²) < 4.78 is 0. The van der Waals surface area contributed by atoms with Crippen LogP contribution in [0.3, 0.4) is 0 Å². The molecule has 0 fully saturated rings. The van der Waals surface area contributed by atoms with Gasteiger partial charge in [0.05, 0.1) is 11.5 Å². The molecular formula is C22H26N4O2S. The summed E-state index contributed by atoms with van der Waals surface area (Å²) in [6, 6.07) is 8.09. The van der Waals surface area contributed by atoms with E-state index in [-0.39, 0.29) is 23.2 Å². The topological polar surface area (TPSA) is 78.1 Å². The van der Waals surface area contributed by atoms with Crippen molar-refractivity contribution in [2.45, 2.75) is 43.0 Å². The third-order valence-electron chi connectivity index (χ3n) is 5.39. The van der Waals surface area contributed by atoms with Gasteiger partial charge in [0.25, 0.3) is 5.56 Å². The van der Waals surface area contributed by atoms with Crippen LogP contribution >= 0.6 is 11.8 Å². The van der Waals surface area contributed by atoms with Gasteiger partial charge in [-0.2, -0.15) is 0 Å². The Morgan fingerprint density at radius 2 is 1.86 bits per heavy atom. The predicted molar refractivity (Wildman–Crippen MR) is 118 cm³/mol. The predicted octanol–water partition coefficient (Wildman–Crippen LogP) is 3.76. The minimum Gasteiger partial charge on any atom is -0.378 e. The average molecular weight is 411 g/mol. The number of H-pyrrole nitrogens is 1. The second-order valence-electron chi connectivity index (χ2n) is 8.03. The first kappa shape index (κ1) is 19.8. The summed E-state index contributed by atoms with van der Waals surface area (Å²) >= 11 is 1.52. The molecule has 1 aliphatic heterocycles. The van der Waals surface area contributed by atoms with Gasteiger partial charge in [-0.15, -0.1) is 0 Å². The molecule has 0 saturated heterocycles. The van der Waals surface area contributed by atoms with Crippen LogP contribution in [-0.2, 0) is 4.79 Å². The Balaban J connectivity index is 1.88. The van der Waals surface area contributed by atoms with Gasteiger partial charge >= 0.3 is 0 Å². The van der Waals surface area contributed by atoms with E-state index >= 15 is 0 Å². The standard InChI is InChI=1S/C22H26N4O2S/c1-12(2)29-22-24-20-19(21(28)25-22)17(13-8-10-14(11-9-13)26(3)4)18-15(23-20)6-5-7-16(18)27/h6,8-12,17-18H,5,7H2,1-4H3,(H2,23,24,25,28)/t17-,18-/m0/s1. The quantitative estimate of drug-likeness (QED) is 0.590. The van der Waals surface area contributed by atoms with Crippen LogP contribution in [0.2, 0.25) is 0 Å². The van der Waals surface area contributed by atoms with E-state index in [1.165, 1.54) is 11.8 Å². The maximum atomic E-state index is 13.1. The van der Waals surface area contributed by atoms with E-state index in [9.17, 15) is 9.59 Å². The van der Waals surface area contributed by atoms with Crippen molar-refractivity contribution in [2.75, 3.05) is 24.3 Å². The van der Waals surface area contributed by atoms with E-state index < -0.39 is 0 Å². The Morgan fingerprint density at radius 1 is 1.14 bits per heavy atom. The molecular weight excluding hydrogens is 384 g/mol. The van der Waals surface area contributed by atoms with E-state index in [2.05, 4.69) is 35.2 Å². The van der Waals surface area contributed by atoms with Crippen molar-refractivity contribution in [3.63, 3.8) is 0 Å². The summed E-state index contributed by atoms with van der Waals surface area (Å²) in [5.74, 6) is 0.0296. The fourth-order valence-corrected chi connectivity index (χ4v) is 4.83. The molecule has 1 aliphatic carbocycles. The lowest BCUT2D eigenvalue weighted by Gasteiger charge is -2.36. The Bertz CT molecular complexity index is 1020. The molecule has 2 N–H and O–H groups in total. The molecule has 0 unspecified atom stereocenters. The van der Waals surface area contributed by atoms with Gasteiger partial charge in [-0.25, -0.2) is 4.98 Å². The molecule has 6 nitrogen and oxygen atoms in total. The number of fused-ring (bicyclic) bond motifs is 2. The lowest BCUT2D eigenvalue weighted by Crippen LogP contribution is -2.38. The molecule has 0 bridgehead atoms. The van der Waals surface area contributed by atoms with Crippen LogP contribution in [0.4, 0.5) is 11.5 Å². The maximum absolute atomic E-state index is 13.1. The van der Waals surface area contributed by atoms with Crippen LogP contribution in [0, 0.1) is 5.92 Å². The van der Waals surface area contributed by atoms with E-state index in [0.717, 1.165) is 23.4 Å². The van der Waals surface area contributed by atoms with Gasteiger partial charge < -0.3 is 15.2 Å². The highest BCUT2D eigenvalue weighted by molar-refractivity contribution is 7.99. The number of aromatic amines is 1. The van der Waals surface area contributed by atoms with Crippen molar-refractivity contribution >= 4 is 29.1 Å². The smallest absolute Gasteiger partial charge is 0.257 e. The number of rotatable bonds is 4. The molecule has 0 radical (unpaired) electrons. The zero-order valence-electron chi connectivity index (χ0n) is 17.2. The molecule has 29 heavy (non-hydrogen) atoms. The number of nitrogens with zero attached hydrogens (tertiary/aromatic N) is 2. The van der Waals surface area contributed by atoms with E-state index in [0.29, 0.717) is 28.2 Å². The van der Waals surface area contributed by atoms with Crippen molar-refractivity contribution in [1.29, 1.82) is 0 Å². The summed E-state index contributed by atoms with van der Waals surface area (Å²) in [5.41, 5.74) is 3.28. The van der Waals surface area contributed by atoms with Gasteiger partial charge in [-0.3, -0.25) is 9.59 Å². The molecule has 0 spiro atoms. The van der Waals surface area contributed by atoms with Crippen molar-refractivity contribution in [2.24, 2.45) is 5.92 Å². The molecule has 0 amide bonds. The first-order chi connectivity index (χ1) is 13.8. The van der Waals surface area contributed by atoms with Crippen molar-refractivity contribution in [3.05, 3.63) is 57.5 Å². The van der Waals surface area contributed by atoms with Gasteiger partial charge in [0.15, 0.2) is 5.16 Å². The first-order valence-corrected chi connectivity index (χ1v) is 10.8. The van der Waals surface area contributed by atoms with Crippen molar-refractivity contribution < 1.29 is 4.79 Å². The number of nitrogens with one attached hydrogen (secondary N) is 2. The molecule has 1 aromatic heterocycles. The minimum atomic E-state index is -0.368. The molecule has 2 heterocycles. The molecule has 4 rings (SSSR count). The molecule has 1 aromatic carbocycles. The maximum Gasteiger partial charge on any atom is 0.257 e. The number of carbonyl (C=O) groups is 1. The summed E-state index contributed by atoms with van der Waals surface area (Å²) in [5, 5.41) is 4.20. The van der Waals surface area contributed by atoms with Crippen LogP contribution < -0.4 is 15.8 Å². The van der Waals surface area contributed by atoms with Gasteiger partial charge in [-0.1, -0.05) is 43.8 Å². The highest BCUT2D eigenvalue weighted by Crippen LogP contribution is 2.45. The molecule has 2 atom stereocenters. The van der Waals surface area contributed by atoms with Crippen LogP contribution in [0.1, 0.15) is 43.7 Å². The Kier molecular flexibility index (Phi) is 5.25. The van der Waals surface area contributed by atoms with E-state index in [4.69, 9.17) is 0 Å². The number of hydrogen-bond donors (Lipinski definition) is 2. The van der Waals surface area contributed by atoms with Crippen molar-refractivity contribution in [1.82, 2.24) is 9.97 Å². The molecule has 2 aliphatic rings. The molecule has 7 heteroatoms. The minimum absolute atomic E-state index is 0.169. The average Bonchev–Trinajstić information content (AvgIpc) is 2.66. The molecule has 152 valence electrons. The summed E-state index contributed by atoms with van der Waals surface area (Å²) in [7, 11) is 3.98. The summed E-state index contributed by atoms with van der Waals surface area (Å²) in [4.78, 5) is 35.7. The SMILES string of the molecule is CC(C)Sc1nc2c(c(=O)[nH]1)[C@@H](c1ccc(N(C)C)cc1)[C@@H]1C(=O)CCC=C1N2. The Hall–Kier alpha value is -2.54. The first-order valence-electron chi connectivity index (χ1n) is 9.93. The zero-order valence-corrected chi connectivity index (χ0v) is 18.0. The largest absolute Gasteiger partial charge is 0.378 e. The number of carbonyl (C=O) groups excluding carboxylic acids is 1. The molecule has 0 saturated carbocycles. The number of hydrogen-bond acceptors (Lipinski definition) is 6. The van der Waals surface area contributed by atoms with Crippen LogP contribution in [0.25, 0.3) is 0 Å². The third kappa shape index (κ3) is 3.71. The second-order valence-corrected chi connectivity index (χ2v) is 9.60. The summed E-state index contributed by atoms with van der Waals surface area (Å²) in [6.07, 6.45) is 3.30. The Morgan fingerprint density at radius 3 is 2.52 bits per heavy atom. The number of thioether (sulfide) groups is 1. The third-order valence-corrected chi connectivity index (χ3v) is 6.28. The second kappa shape index (κ2) is 7.71. The van der Waals surface area contributed by atoms with E-state index in [1.54, 1.807) is 0 Å². The number of ketones is 1. The number of allylic oxidation sites excluding steroid dienone is 2. The number of aromatic nitrogens is 2. The molecule has 2 aromatic rings. The Labute approximate surface area is 174 Å². The fraction of sp³-hybridized carbons (Fsp3) is 0.409. The fourth-order valence-electron chi connectivity index (χ4n) is 4.09. The monoisotopic (exact) mass is 410 g/mol. The zero-order chi connectivity index (χ0) is 20.7. The van der Waals surface area contributed by atoms with Gasteiger partial charge in [0.2, 0.25) is 0 Å². The van der Waals surface area contributed by atoms with Gasteiger partial charge in [-0.05, 0) is 24.1 Å². The van der Waals surface area contributed by atoms with Gasteiger partial charge in [0, 0.05) is 43.1 Å². The van der Waals surface area contributed by atoms with Crippen LogP contribution in [-0.4, -0.2) is 35.1 Å². The highest BCUT2D eigenvalue weighted by atomic mass is 32.2. The lowest BCUT2D eigenvalue weighted by molar-refractivity contribution is -0.122. The normalized spacial score (nSPS) is 20.6. The number of anilines is 2. The number of Topliss-reactive ketones (excluding diaryl/α,β-unsaturated/α-hetero) is 1. The lowest BCUT2D eigenvalue weighted by atomic mass is 9.72. The van der Waals surface area contributed by atoms with Crippen LogP contribution in [0.15, 0.2) is 46.0 Å². The van der Waals surface area contributed by atoms with Crippen molar-refractivity contribution in [3.8, 4) is 0 Å². The van der Waals surface area contributed by atoms with Crippen LogP contribution in [0.5, 0.6) is 0 Å². The van der Waals surface area contributed by atoms with Gasteiger partial charge in [0.1, 0.15) is 11.6 Å².